The van der Waals surface area contributed by atoms with Crippen LogP contribution in [0.5, 0.6) is 0 Å². The third-order valence-electron chi connectivity index (χ3n) is 4.73. The summed E-state index contributed by atoms with van der Waals surface area (Å²) in [5, 5.41) is 3.28. The average Bonchev–Trinajstić information content (AvgIpc) is 2.80. The molecule has 1 aromatic heterocycles. The van der Waals surface area contributed by atoms with Gasteiger partial charge < -0.3 is 10.2 Å². The second-order valence-electron chi connectivity index (χ2n) is 7.01. The maximum Gasteiger partial charge on any atom is 0.253 e. The zero-order valence-corrected chi connectivity index (χ0v) is 16.7. The van der Waals surface area contributed by atoms with Crippen LogP contribution in [0.4, 0.5) is 11.5 Å². The molecule has 0 aliphatic carbocycles. The van der Waals surface area contributed by atoms with Crippen molar-refractivity contribution in [3.8, 4) is 11.3 Å². The Labute approximate surface area is 176 Å². The molecule has 4 aromatic rings. The van der Waals surface area contributed by atoms with Crippen molar-refractivity contribution < 1.29 is 4.79 Å². The minimum absolute atomic E-state index is 0.0323. The van der Waals surface area contributed by atoms with Crippen LogP contribution in [-0.4, -0.2) is 27.8 Å². The van der Waals surface area contributed by atoms with Crippen molar-refractivity contribution in [3.63, 3.8) is 0 Å². The van der Waals surface area contributed by atoms with Gasteiger partial charge >= 0.3 is 0 Å². The maximum absolute atomic E-state index is 12.9. The molecule has 0 atom stereocenters. The van der Waals surface area contributed by atoms with Crippen LogP contribution in [0.1, 0.15) is 15.9 Å². The van der Waals surface area contributed by atoms with Crippen LogP contribution in [0.3, 0.4) is 0 Å². The molecule has 0 aliphatic rings. The van der Waals surface area contributed by atoms with E-state index in [9.17, 15) is 4.79 Å². The van der Waals surface area contributed by atoms with Gasteiger partial charge in [0.2, 0.25) is 0 Å². The van der Waals surface area contributed by atoms with Crippen LogP contribution in [0.15, 0.2) is 97.3 Å². The van der Waals surface area contributed by atoms with E-state index < -0.39 is 0 Å². The lowest BCUT2D eigenvalue weighted by Gasteiger charge is -2.18. The number of hydrogen-bond acceptors (Lipinski definition) is 4. The normalized spacial score (nSPS) is 10.4. The monoisotopic (exact) mass is 394 g/mol. The number of rotatable bonds is 6. The Balaban J connectivity index is 1.49. The van der Waals surface area contributed by atoms with Crippen LogP contribution in [0.2, 0.25) is 0 Å². The predicted molar refractivity (Wildman–Crippen MR) is 119 cm³/mol. The summed E-state index contributed by atoms with van der Waals surface area (Å²) in [6.45, 7) is 0.559. The van der Waals surface area contributed by atoms with Crippen LogP contribution in [0, 0.1) is 0 Å². The first kappa shape index (κ1) is 19.3. The van der Waals surface area contributed by atoms with Gasteiger partial charge in [0.1, 0.15) is 12.1 Å². The molecule has 0 saturated heterocycles. The Morgan fingerprint density at radius 1 is 0.867 bits per heavy atom. The molecule has 0 aliphatic heterocycles. The van der Waals surface area contributed by atoms with E-state index in [2.05, 4.69) is 15.3 Å². The highest BCUT2D eigenvalue weighted by Crippen LogP contribution is 2.22. The minimum atomic E-state index is -0.0323. The number of carbonyl (C=O) groups excluding carboxylic acids is 1. The van der Waals surface area contributed by atoms with Gasteiger partial charge in [0.05, 0.1) is 5.69 Å². The van der Waals surface area contributed by atoms with Gasteiger partial charge in [-0.25, -0.2) is 9.97 Å². The van der Waals surface area contributed by atoms with Gasteiger partial charge in [-0.05, 0) is 23.8 Å². The summed E-state index contributed by atoms with van der Waals surface area (Å²) in [4.78, 5) is 23.2. The summed E-state index contributed by atoms with van der Waals surface area (Å²) in [6, 6.07) is 29.2. The van der Waals surface area contributed by atoms with Crippen LogP contribution in [-0.2, 0) is 6.54 Å². The van der Waals surface area contributed by atoms with Gasteiger partial charge in [-0.3, -0.25) is 4.79 Å². The van der Waals surface area contributed by atoms with Crippen molar-refractivity contribution in [2.24, 2.45) is 0 Å². The Hall–Kier alpha value is -3.99. The molecule has 0 radical (unpaired) electrons. The van der Waals surface area contributed by atoms with E-state index in [1.165, 1.54) is 6.33 Å². The summed E-state index contributed by atoms with van der Waals surface area (Å²) < 4.78 is 0. The molecule has 5 nitrogen and oxygen atoms in total. The van der Waals surface area contributed by atoms with Crippen LogP contribution < -0.4 is 5.32 Å². The third kappa shape index (κ3) is 4.70. The molecule has 4 rings (SSSR count). The summed E-state index contributed by atoms with van der Waals surface area (Å²) in [6.07, 6.45) is 1.54. The second-order valence-corrected chi connectivity index (χ2v) is 7.01. The Morgan fingerprint density at radius 3 is 2.37 bits per heavy atom. The molecule has 30 heavy (non-hydrogen) atoms. The lowest BCUT2D eigenvalue weighted by Crippen LogP contribution is -2.26. The fourth-order valence-electron chi connectivity index (χ4n) is 3.22. The van der Waals surface area contributed by atoms with E-state index in [1.807, 2.05) is 98.0 Å². The first-order valence-corrected chi connectivity index (χ1v) is 9.73. The van der Waals surface area contributed by atoms with Crippen molar-refractivity contribution in [3.05, 3.63) is 108 Å². The van der Waals surface area contributed by atoms with Gasteiger partial charge in [-0.2, -0.15) is 0 Å². The number of carbonyl (C=O) groups is 1. The van der Waals surface area contributed by atoms with Gasteiger partial charge in [-0.15, -0.1) is 0 Å². The largest absolute Gasteiger partial charge is 0.340 e. The summed E-state index contributed by atoms with van der Waals surface area (Å²) in [7, 11) is 1.81. The number of benzene rings is 3. The average molecular weight is 394 g/mol. The van der Waals surface area contributed by atoms with Gasteiger partial charge in [0, 0.05) is 36.5 Å². The van der Waals surface area contributed by atoms with Crippen LogP contribution in [0.25, 0.3) is 11.3 Å². The van der Waals surface area contributed by atoms with Crippen molar-refractivity contribution in [2.45, 2.75) is 6.54 Å². The lowest BCUT2D eigenvalue weighted by molar-refractivity contribution is 0.0785. The molecule has 0 fully saturated rings. The molecular formula is C25H22N4O. The van der Waals surface area contributed by atoms with Crippen molar-refractivity contribution in [1.29, 1.82) is 0 Å². The molecule has 0 spiro atoms. The molecule has 148 valence electrons. The summed E-state index contributed by atoms with van der Waals surface area (Å²) in [5.41, 5.74) is 4.37. The summed E-state index contributed by atoms with van der Waals surface area (Å²) in [5.74, 6) is 0.640. The molecule has 1 heterocycles. The Morgan fingerprint density at radius 2 is 1.60 bits per heavy atom. The Bertz CT molecular complexity index is 1130. The molecular weight excluding hydrogens is 372 g/mol. The Kier molecular flexibility index (Phi) is 5.80. The fraction of sp³-hybridized carbons (Fsp3) is 0.0800. The smallest absolute Gasteiger partial charge is 0.253 e. The number of nitrogens with zero attached hydrogens (tertiary/aromatic N) is 3. The van der Waals surface area contributed by atoms with Crippen molar-refractivity contribution >= 4 is 17.4 Å². The fourth-order valence-corrected chi connectivity index (χ4v) is 3.22. The number of amides is 1. The zero-order chi connectivity index (χ0) is 20.8. The third-order valence-corrected chi connectivity index (χ3v) is 4.73. The number of hydrogen-bond donors (Lipinski definition) is 1. The van der Waals surface area contributed by atoms with Gasteiger partial charge in [0.25, 0.3) is 5.91 Å². The molecule has 0 unspecified atom stereocenters. The van der Waals surface area contributed by atoms with E-state index in [0.717, 1.165) is 22.5 Å². The molecule has 1 N–H and O–H groups in total. The minimum Gasteiger partial charge on any atom is -0.340 e. The van der Waals surface area contributed by atoms with E-state index in [4.69, 9.17) is 0 Å². The molecule has 3 aromatic carbocycles. The SMILES string of the molecule is CN(Cc1ccccc1)C(=O)c1cccc(Nc2cc(-c3ccccc3)ncn2)c1. The van der Waals surface area contributed by atoms with Gasteiger partial charge in [-0.1, -0.05) is 66.7 Å². The summed E-state index contributed by atoms with van der Waals surface area (Å²) >= 11 is 0. The highest BCUT2D eigenvalue weighted by molar-refractivity contribution is 5.95. The number of anilines is 2. The molecule has 0 saturated carbocycles. The van der Waals surface area contributed by atoms with Crippen LogP contribution >= 0.6 is 0 Å². The van der Waals surface area contributed by atoms with E-state index in [0.29, 0.717) is 17.9 Å². The molecule has 1 amide bonds. The van der Waals surface area contributed by atoms with Crippen molar-refractivity contribution in [1.82, 2.24) is 14.9 Å². The van der Waals surface area contributed by atoms with E-state index in [1.54, 1.807) is 4.90 Å². The zero-order valence-electron chi connectivity index (χ0n) is 16.7. The standard InChI is InChI=1S/C25H22N4O/c1-29(17-19-9-4-2-5-10-19)25(30)21-13-8-14-22(15-21)28-24-16-23(26-18-27-24)20-11-6-3-7-12-20/h2-16,18H,17H2,1H3,(H,26,27,28). The molecule has 0 bridgehead atoms. The van der Waals surface area contributed by atoms with E-state index in [-0.39, 0.29) is 5.91 Å². The van der Waals surface area contributed by atoms with Crippen molar-refractivity contribution in [2.75, 3.05) is 12.4 Å². The van der Waals surface area contributed by atoms with E-state index >= 15 is 0 Å². The topological polar surface area (TPSA) is 58.1 Å². The maximum atomic E-state index is 12.9. The highest BCUT2D eigenvalue weighted by Gasteiger charge is 2.13. The second kappa shape index (κ2) is 9.01. The lowest BCUT2D eigenvalue weighted by atomic mass is 10.1. The predicted octanol–water partition coefficient (Wildman–Crippen LogP) is 5.16. The number of nitrogens with one attached hydrogen (secondary N) is 1. The molecule has 5 heteroatoms. The quantitative estimate of drug-likeness (QED) is 0.491. The van der Waals surface area contributed by atoms with Gasteiger partial charge in [0.15, 0.2) is 0 Å². The number of aromatic nitrogens is 2. The highest BCUT2D eigenvalue weighted by atomic mass is 16.2. The first-order chi connectivity index (χ1) is 14.7. The first-order valence-electron chi connectivity index (χ1n) is 9.73.